The number of aromatic nitrogens is 1. The molecule has 3 rings (SSSR count). The van der Waals surface area contributed by atoms with Crippen molar-refractivity contribution in [3.05, 3.63) is 45.4 Å². The molecule has 1 amide bonds. The van der Waals surface area contributed by atoms with Crippen LogP contribution in [0.15, 0.2) is 29.8 Å². The van der Waals surface area contributed by atoms with Crippen LogP contribution in [0.4, 0.5) is 0 Å². The highest BCUT2D eigenvalue weighted by Crippen LogP contribution is 2.34. The van der Waals surface area contributed by atoms with Crippen molar-refractivity contribution >= 4 is 28.8 Å². The normalized spacial score (nSPS) is 18.5. The number of likely N-dealkylation sites (tertiary alicyclic amines) is 1. The van der Waals surface area contributed by atoms with E-state index in [-0.39, 0.29) is 6.61 Å². The van der Waals surface area contributed by atoms with E-state index in [2.05, 4.69) is 9.88 Å². The molecule has 2 N–H and O–H groups in total. The third-order valence-corrected chi connectivity index (χ3v) is 5.27. The second-order valence-corrected chi connectivity index (χ2v) is 7.21. The molecule has 0 bridgehead atoms. The van der Waals surface area contributed by atoms with Crippen molar-refractivity contribution in [2.75, 3.05) is 13.2 Å². The third-order valence-electron chi connectivity index (χ3n) is 4.10. The zero-order chi connectivity index (χ0) is 16.9. The maximum absolute atomic E-state index is 10.8. The second kappa shape index (κ2) is 7.96. The van der Waals surface area contributed by atoms with Crippen LogP contribution in [0, 0.1) is 0 Å². The molecule has 2 heterocycles. The van der Waals surface area contributed by atoms with Crippen molar-refractivity contribution in [2.24, 2.45) is 5.73 Å². The highest BCUT2D eigenvalue weighted by Gasteiger charge is 2.25. The van der Waals surface area contributed by atoms with Crippen LogP contribution in [0.1, 0.15) is 35.9 Å². The molecule has 1 saturated heterocycles. The van der Waals surface area contributed by atoms with Gasteiger partial charge in [-0.2, -0.15) is 0 Å². The van der Waals surface area contributed by atoms with Gasteiger partial charge in [0.25, 0.3) is 5.91 Å². The Hall–Kier alpha value is -1.63. The summed E-state index contributed by atoms with van der Waals surface area (Å²) in [5.74, 6) is -0.0379. The van der Waals surface area contributed by atoms with Gasteiger partial charge in [-0.15, -0.1) is 11.3 Å². The molecule has 1 aliphatic rings. The molecular weight excluding hydrogens is 346 g/mol. The molecule has 128 valence electrons. The lowest BCUT2D eigenvalue weighted by Gasteiger charge is -2.34. The van der Waals surface area contributed by atoms with Gasteiger partial charge in [0, 0.05) is 18.1 Å². The van der Waals surface area contributed by atoms with Crippen LogP contribution in [-0.4, -0.2) is 28.9 Å². The third kappa shape index (κ3) is 4.26. The number of carbonyl (C=O) groups is 1. The Balaban J connectivity index is 1.70. The molecule has 1 aromatic carbocycles. The molecule has 0 spiro atoms. The Morgan fingerprint density at radius 3 is 3.04 bits per heavy atom. The second-order valence-electron chi connectivity index (χ2n) is 5.87. The summed E-state index contributed by atoms with van der Waals surface area (Å²) in [4.78, 5) is 17.8. The summed E-state index contributed by atoms with van der Waals surface area (Å²) in [6, 6.07) is 6.05. The summed E-state index contributed by atoms with van der Waals surface area (Å²) in [6.07, 6.45) is 5.45. The van der Waals surface area contributed by atoms with Crippen molar-refractivity contribution in [3.8, 4) is 5.75 Å². The summed E-state index contributed by atoms with van der Waals surface area (Å²) in [5.41, 5.74) is 6.21. The number of hydrogen-bond donors (Lipinski definition) is 1. The lowest BCUT2D eigenvalue weighted by molar-refractivity contribution is -0.119. The number of ether oxygens (including phenoxy) is 1. The Labute approximate surface area is 150 Å². The Morgan fingerprint density at radius 1 is 1.46 bits per heavy atom. The molecule has 1 atom stereocenters. The van der Waals surface area contributed by atoms with E-state index in [0.717, 1.165) is 25.1 Å². The van der Waals surface area contributed by atoms with E-state index < -0.39 is 5.91 Å². The highest BCUT2D eigenvalue weighted by atomic mass is 35.5. The van der Waals surface area contributed by atoms with Crippen molar-refractivity contribution < 1.29 is 9.53 Å². The standard InChI is InChI=1S/C17H20ClN3O2S/c18-13-9-12(4-5-15(13)23-11-16(19)22)10-21-7-2-1-3-14(21)17-20-6-8-24-17/h4-6,8-9,14H,1-3,7,10-11H2,(H2,19,22)/t14-/m0/s1. The molecular formula is C17H20ClN3O2S. The topological polar surface area (TPSA) is 68.5 Å². The zero-order valence-corrected chi connectivity index (χ0v) is 14.9. The number of primary amides is 1. The van der Waals surface area contributed by atoms with Crippen molar-refractivity contribution in [1.29, 1.82) is 0 Å². The summed E-state index contributed by atoms with van der Waals surface area (Å²) in [7, 11) is 0. The number of benzene rings is 1. The molecule has 24 heavy (non-hydrogen) atoms. The maximum Gasteiger partial charge on any atom is 0.255 e. The molecule has 2 aromatic rings. The number of nitrogens with zero attached hydrogens (tertiary/aromatic N) is 2. The maximum atomic E-state index is 10.8. The average Bonchev–Trinajstić information content (AvgIpc) is 3.09. The van der Waals surface area contributed by atoms with Gasteiger partial charge < -0.3 is 10.5 Å². The first kappa shape index (κ1) is 17.2. The first-order chi connectivity index (χ1) is 11.6. The van der Waals surface area contributed by atoms with Crippen LogP contribution in [0.25, 0.3) is 0 Å². The van der Waals surface area contributed by atoms with E-state index in [1.54, 1.807) is 17.4 Å². The predicted molar refractivity (Wildman–Crippen MR) is 95.3 cm³/mol. The van der Waals surface area contributed by atoms with E-state index in [1.165, 1.54) is 17.8 Å². The van der Waals surface area contributed by atoms with Crippen LogP contribution in [0.2, 0.25) is 5.02 Å². The highest BCUT2D eigenvalue weighted by molar-refractivity contribution is 7.09. The van der Waals surface area contributed by atoms with Crippen LogP contribution in [0.3, 0.4) is 0 Å². The number of halogens is 1. The quantitative estimate of drug-likeness (QED) is 0.851. The molecule has 1 fully saturated rings. The molecule has 1 aliphatic heterocycles. The Morgan fingerprint density at radius 2 is 2.33 bits per heavy atom. The largest absolute Gasteiger partial charge is 0.482 e. The molecule has 1 aromatic heterocycles. The Bertz CT molecular complexity index is 693. The van der Waals surface area contributed by atoms with Gasteiger partial charge in [-0.3, -0.25) is 9.69 Å². The number of hydrogen-bond acceptors (Lipinski definition) is 5. The number of amides is 1. The fraction of sp³-hybridized carbons (Fsp3) is 0.412. The summed E-state index contributed by atoms with van der Waals surface area (Å²) in [5, 5.41) is 3.71. The van der Waals surface area contributed by atoms with Gasteiger partial charge in [0.1, 0.15) is 10.8 Å². The number of carbonyl (C=O) groups excluding carboxylic acids is 1. The molecule has 7 heteroatoms. The average molecular weight is 366 g/mol. The van der Waals surface area contributed by atoms with Crippen molar-refractivity contribution in [1.82, 2.24) is 9.88 Å². The van der Waals surface area contributed by atoms with E-state index >= 15 is 0 Å². The smallest absolute Gasteiger partial charge is 0.255 e. The minimum atomic E-state index is -0.519. The summed E-state index contributed by atoms with van der Waals surface area (Å²) < 4.78 is 5.29. The van der Waals surface area contributed by atoms with Gasteiger partial charge in [0.2, 0.25) is 0 Å². The monoisotopic (exact) mass is 365 g/mol. The van der Waals surface area contributed by atoms with Gasteiger partial charge in [-0.25, -0.2) is 4.98 Å². The van der Waals surface area contributed by atoms with Gasteiger partial charge in [-0.05, 0) is 37.1 Å². The number of piperidine rings is 1. The van der Waals surface area contributed by atoms with Gasteiger partial charge in [0.15, 0.2) is 6.61 Å². The van der Waals surface area contributed by atoms with Crippen molar-refractivity contribution in [2.45, 2.75) is 31.8 Å². The number of rotatable bonds is 6. The fourth-order valence-corrected chi connectivity index (χ4v) is 4.07. The van der Waals surface area contributed by atoms with Crippen LogP contribution < -0.4 is 10.5 Å². The van der Waals surface area contributed by atoms with E-state index in [0.29, 0.717) is 16.8 Å². The molecule has 5 nitrogen and oxygen atoms in total. The van der Waals surface area contributed by atoms with Crippen LogP contribution >= 0.6 is 22.9 Å². The Kier molecular flexibility index (Phi) is 5.71. The lowest BCUT2D eigenvalue weighted by atomic mass is 10.0. The number of thiazole rings is 1. The first-order valence-electron chi connectivity index (χ1n) is 7.96. The van der Waals surface area contributed by atoms with Crippen LogP contribution in [0.5, 0.6) is 5.75 Å². The zero-order valence-electron chi connectivity index (χ0n) is 13.3. The predicted octanol–water partition coefficient (Wildman–Crippen LogP) is 3.39. The van der Waals surface area contributed by atoms with Gasteiger partial charge in [0.05, 0.1) is 11.1 Å². The van der Waals surface area contributed by atoms with E-state index in [9.17, 15) is 4.79 Å². The van der Waals surface area contributed by atoms with Crippen LogP contribution in [-0.2, 0) is 11.3 Å². The SMILES string of the molecule is NC(=O)COc1ccc(CN2CCCC[C@H]2c2nccs2)cc1Cl. The van der Waals surface area contributed by atoms with Gasteiger partial charge >= 0.3 is 0 Å². The molecule has 0 radical (unpaired) electrons. The minimum Gasteiger partial charge on any atom is -0.482 e. The van der Waals surface area contributed by atoms with E-state index in [1.807, 2.05) is 23.7 Å². The molecule has 0 aliphatic carbocycles. The lowest BCUT2D eigenvalue weighted by Crippen LogP contribution is -2.32. The molecule has 0 saturated carbocycles. The molecule has 0 unspecified atom stereocenters. The van der Waals surface area contributed by atoms with E-state index in [4.69, 9.17) is 22.1 Å². The van der Waals surface area contributed by atoms with Gasteiger partial charge in [-0.1, -0.05) is 24.1 Å². The summed E-state index contributed by atoms with van der Waals surface area (Å²) >= 11 is 7.98. The first-order valence-corrected chi connectivity index (χ1v) is 9.22. The summed E-state index contributed by atoms with van der Waals surface area (Å²) in [6.45, 7) is 1.71. The minimum absolute atomic E-state index is 0.169. The van der Waals surface area contributed by atoms with Crippen molar-refractivity contribution in [3.63, 3.8) is 0 Å². The fourth-order valence-electron chi connectivity index (χ4n) is 3.00. The number of nitrogens with two attached hydrogens (primary N) is 1.